The summed E-state index contributed by atoms with van der Waals surface area (Å²) in [5.41, 5.74) is 3.34. The molecule has 2 aliphatic heterocycles. The molecule has 5 rings (SSSR count). The van der Waals surface area contributed by atoms with E-state index in [1.54, 1.807) is 0 Å². The molecule has 1 saturated heterocycles. The smallest absolute Gasteiger partial charge is 0.150 e. The van der Waals surface area contributed by atoms with E-state index in [-0.39, 0.29) is 28.9 Å². The Kier molecular flexibility index (Phi) is 3.23. The average molecular weight is 358 g/mol. The van der Waals surface area contributed by atoms with Crippen LogP contribution in [0.25, 0.3) is 11.3 Å². The maximum absolute atomic E-state index is 11.8. The molecule has 3 aliphatic rings. The van der Waals surface area contributed by atoms with Crippen molar-refractivity contribution in [3.63, 3.8) is 0 Å². The van der Waals surface area contributed by atoms with E-state index in [9.17, 15) is 13.5 Å². The number of hydrogen-bond donors (Lipinski definition) is 1. The number of aromatic nitrogens is 2. The van der Waals surface area contributed by atoms with Crippen LogP contribution >= 0.6 is 0 Å². The lowest BCUT2D eigenvalue weighted by atomic mass is 9.76. The summed E-state index contributed by atoms with van der Waals surface area (Å²) in [7, 11) is -2.92. The van der Waals surface area contributed by atoms with Gasteiger partial charge in [0.25, 0.3) is 0 Å². The molecule has 1 aromatic heterocycles. The molecule has 1 spiro atoms. The first-order valence-electron chi connectivity index (χ1n) is 9.00. The van der Waals surface area contributed by atoms with Crippen molar-refractivity contribution < 1.29 is 13.5 Å². The molecule has 1 aromatic carbocycles. The van der Waals surface area contributed by atoms with Gasteiger partial charge in [-0.3, -0.25) is 0 Å². The number of imidazole rings is 1. The van der Waals surface area contributed by atoms with Crippen LogP contribution in [0.2, 0.25) is 0 Å². The first-order valence-corrected chi connectivity index (χ1v) is 10.8. The van der Waals surface area contributed by atoms with Crippen LogP contribution in [0.4, 0.5) is 0 Å². The summed E-state index contributed by atoms with van der Waals surface area (Å²) >= 11 is 0. The van der Waals surface area contributed by atoms with Gasteiger partial charge in [-0.05, 0) is 36.7 Å². The largest absolute Gasteiger partial charge is 0.392 e. The maximum atomic E-state index is 11.8. The minimum atomic E-state index is -2.92. The zero-order valence-electron chi connectivity index (χ0n) is 14.0. The van der Waals surface area contributed by atoms with E-state index in [2.05, 4.69) is 27.8 Å². The number of sulfone groups is 1. The third-order valence-electron chi connectivity index (χ3n) is 6.76. The van der Waals surface area contributed by atoms with Crippen LogP contribution in [-0.4, -0.2) is 40.7 Å². The highest BCUT2D eigenvalue weighted by Gasteiger charge is 2.53. The molecule has 3 heterocycles. The van der Waals surface area contributed by atoms with Gasteiger partial charge >= 0.3 is 0 Å². The van der Waals surface area contributed by atoms with E-state index < -0.39 is 15.9 Å². The lowest BCUT2D eigenvalue weighted by molar-refractivity contribution is 0.00754. The SMILES string of the molecule is O=S1(=O)CCC2(CC[C@@H](C3c4ccccc4-c4cncn43)[C@H]2O)CC1. The molecule has 2 fully saturated rings. The topological polar surface area (TPSA) is 72.2 Å². The van der Waals surface area contributed by atoms with Crippen LogP contribution in [0.15, 0.2) is 36.8 Å². The highest BCUT2D eigenvalue weighted by atomic mass is 32.2. The Bertz CT molecular complexity index is 920. The van der Waals surface area contributed by atoms with E-state index in [1.165, 1.54) is 11.1 Å². The molecular formula is C19H22N2O3S. The summed E-state index contributed by atoms with van der Waals surface area (Å²) in [5, 5.41) is 11.3. The molecule has 1 saturated carbocycles. The number of benzene rings is 1. The fourth-order valence-electron chi connectivity index (χ4n) is 5.34. The summed E-state index contributed by atoms with van der Waals surface area (Å²) in [6, 6.07) is 8.46. The van der Waals surface area contributed by atoms with Crippen LogP contribution in [0.3, 0.4) is 0 Å². The molecule has 0 amide bonds. The fraction of sp³-hybridized carbons (Fsp3) is 0.526. The van der Waals surface area contributed by atoms with Crippen molar-refractivity contribution in [1.29, 1.82) is 0 Å². The van der Waals surface area contributed by atoms with Gasteiger partial charge in [-0.15, -0.1) is 0 Å². The Hall–Kier alpha value is -1.66. The van der Waals surface area contributed by atoms with Crippen LogP contribution in [0.5, 0.6) is 0 Å². The van der Waals surface area contributed by atoms with Crippen molar-refractivity contribution in [3.8, 4) is 11.3 Å². The van der Waals surface area contributed by atoms with Gasteiger partial charge in [0.1, 0.15) is 9.84 Å². The van der Waals surface area contributed by atoms with E-state index in [0.29, 0.717) is 12.8 Å². The summed E-state index contributed by atoms with van der Waals surface area (Å²) in [4.78, 5) is 4.31. The highest BCUT2D eigenvalue weighted by molar-refractivity contribution is 7.91. The summed E-state index contributed by atoms with van der Waals surface area (Å²) < 4.78 is 25.9. The molecule has 25 heavy (non-hydrogen) atoms. The van der Waals surface area contributed by atoms with Crippen molar-refractivity contribution in [2.24, 2.45) is 11.3 Å². The Morgan fingerprint density at radius 3 is 2.72 bits per heavy atom. The maximum Gasteiger partial charge on any atom is 0.150 e. The van der Waals surface area contributed by atoms with Crippen molar-refractivity contribution in [3.05, 3.63) is 42.4 Å². The fourth-order valence-corrected chi connectivity index (χ4v) is 6.98. The second kappa shape index (κ2) is 5.17. The van der Waals surface area contributed by atoms with Crippen molar-refractivity contribution in [1.82, 2.24) is 9.55 Å². The highest BCUT2D eigenvalue weighted by Crippen LogP contribution is 2.56. The van der Waals surface area contributed by atoms with Gasteiger partial charge in [0.15, 0.2) is 0 Å². The number of aliphatic hydroxyl groups excluding tert-OH is 1. The predicted octanol–water partition coefficient (Wildman–Crippen LogP) is 2.42. The van der Waals surface area contributed by atoms with E-state index in [4.69, 9.17) is 0 Å². The monoisotopic (exact) mass is 358 g/mol. The molecule has 0 bridgehead atoms. The number of aliphatic hydroxyl groups is 1. The lowest BCUT2D eigenvalue weighted by Gasteiger charge is -2.38. The standard InChI is InChI=1S/C19H22N2O3S/c22-18-15(5-6-19(18)7-9-25(23,24)10-8-19)17-14-4-2-1-3-13(14)16-11-20-12-21(16)17/h1-4,11-12,15,17-18,22H,5-10H2/t15-,17?,18+/m0/s1. The number of nitrogens with zero attached hydrogens (tertiary/aromatic N) is 2. The molecule has 6 heteroatoms. The third kappa shape index (κ3) is 2.16. The first-order chi connectivity index (χ1) is 12.0. The van der Waals surface area contributed by atoms with Gasteiger partial charge in [0.05, 0.1) is 41.9 Å². The van der Waals surface area contributed by atoms with Gasteiger partial charge in [0, 0.05) is 11.5 Å². The van der Waals surface area contributed by atoms with Crippen LogP contribution < -0.4 is 0 Å². The van der Waals surface area contributed by atoms with Gasteiger partial charge in [-0.2, -0.15) is 0 Å². The Morgan fingerprint density at radius 1 is 1.16 bits per heavy atom. The number of hydrogen-bond acceptors (Lipinski definition) is 4. The zero-order chi connectivity index (χ0) is 17.2. The van der Waals surface area contributed by atoms with Crippen LogP contribution in [0.1, 0.15) is 37.3 Å². The number of rotatable bonds is 1. The molecule has 0 radical (unpaired) electrons. The van der Waals surface area contributed by atoms with Crippen LogP contribution in [0, 0.1) is 11.3 Å². The molecule has 2 aromatic rings. The Labute approximate surface area is 147 Å². The van der Waals surface area contributed by atoms with Gasteiger partial charge < -0.3 is 9.67 Å². The van der Waals surface area contributed by atoms with Gasteiger partial charge in [-0.25, -0.2) is 13.4 Å². The molecular weight excluding hydrogens is 336 g/mol. The van der Waals surface area contributed by atoms with Crippen molar-refractivity contribution >= 4 is 9.84 Å². The molecule has 132 valence electrons. The van der Waals surface area contributed by atoms with Crippen LogP contribution in [-0.2, 0) is 9.84 Å². The summed E-state index contributed by atoms with van der Waals surface area (Å²) in [6.07, 6.45) is 6.33. The molecule has 5 nitrogen and oxygen atoms in total. The Balaban J connectivity index is 1.51. The van der Waals surface area contributed by atoms with Gasteiger partial charge in [-0.1, -0.05) is 24.3 Å². The molecule has 3 atom stereocenters. The molecule has 1 aliphatic carbocycles. The van der Waals surface area contributed by atoms with Crippen molar-refractivity contribution in [2.45, 2.75) is 37.8 Å². The van der Waals surface area contributed by atoms with E-state index in [1.807, 2.05) is 18.6 Å². The normalized spacial score (nSPS) is 31.8. The first kappa shape index (κ1) is 15.6. The minimum absolute atomic E-state index is 0.0987. The molecule has 1 unspecified atom stereocenters. The van der Waals surface area contributed by atoms with Crippen molar-refractivity contribution in [2.75, 3.05) is 11.5 Å². The predicted molar refractivity (Wildman–Crippen MR) is 94.9 cm³/mol. The Morgan fingerprint density at radius 2 is 1.92 bits per heavy atom. The van der Waals surface area contributed by atoms with Gasteiger partial charge in [0.2, 0.25) is 0 Å². The minimum Gasteiger partial charge on any atom is -0.392 e. The average Bonchev–Trinajstić information content (AvgIpc) is 3.26. The summed E-state index contributed by atoms with van der Waals surface area (Å²) in [6.45, 7) is 0. The third-order valence-corrected chi connectivity index (χ3v) is 8.41. The molecule has 1 N–H and O–H groups in total. The summed E-state index contributed by atoms with van der Waals surface area (Å²) in [5.74, 6) is 0.542. The lowest BCUT2D eigenvalue weighted by Crippen LogP contribution is -2.42. The quantitative estimate of drug-likeness (QED) is 0.850. The van der Waals surface area contributed by atoms with E-state index >= 15 is 0 Å². The number of fused-ring (bicyclic) bond motifs is 3. The van der Waals surface area contributed by atoms with E-state index in [0.717, 1.165) is 18.5 Å². The second-order valence-electron chi connectivity index (χ2n) is 7.88. The zero-order valence-corrected chi connectivity index (χ0v) is 14.8. The second-order valence-corrected chi connectivity index (χ2v) is 10.2.